The van der Waals surface area contributed by atoms with E-state index in [2.05, 4.69) is 10.3 Å². The van der Waals surface area contributed by atoms with Crippen molar-refractivity contribution in [2.45, 2.75) is 38.4 Å². The van der Waals surface area contributed by atoms with Crippen molar-refractivity contribution >= 4 is 40.0 Å². The predicted octanol–water partition coefficient (Wildman–Crippen LogP) is 3.55. The standard InChI is InChI=1S/C20H22ClFN4O2S/c1-11(2)25-18-6-15(16(21)7-24-18)17-9-26(20(29-17)19(23)28)8-13-5-14(22)4-3-12(13)10-27/h3-7,9,11,20,27H,8,10H2,1-2H3,(H2,23,28)(H,24,25). The first kappa shape index (κ1) is 21.4. The third-order valence-electron chi connectivity index (χ3n) is 4.32. The van der Waals surface area contributed by atoms with Gasteiger partial charge in [0, 0.05) is 35.5 Å². The quantitative estimate of drug-likeness (QED) is 0.614. The van der Waals surface area contributed by atoms with E-state index in [1.807, 2.05) is 19.9 Å². The summed E-state index contributed by atoms with van der Waals surface area (Å²) in [6, 6.07) is 6.19. The number of aromatic nitrogens is 1. The van der Waals surface area contributed by atoms with E-state index in [-0.39, 0.29) is 19.2 Å². The van der Waals surface area contributed by atoms with Crippen LogP contribution in [0.25, 0.3) is 4.91 Å². The first-order chi connectivity index (χ1) is 13.8. The molecule has 1 atom stereocenters. The zero-order valence-corrected chi connectivity index (χ0v) is 17.6. The van der Waals surface area contributed by atoms with Crippen molar-refractivity contribution in [3.05, 3.63) is 64.2 Å². The molecule has 2 heterocycles. The maximum Gasteiger partial charge on any atom is 0.251 e. The Morgan fingerprint density at radius 2 is 2.17 bits per heavy atom. The second-order valence-corrected chi connectivity index (χ2v) is 8.49. The van der Waals surface area contributed by atoms with Crippen LogP contribution in [0.3, 0.4) is 0 Å². The van der Waals surface area contributed by atoms with Crippen LogP contribution in [-0.4, -0.2) is 32.3 Å². The Morgan fingerprint density at radius 1 is 1.41 bits per heavy atom. The second-order valence-electron chi connectivity index (χ2n) is 6.96. The number of primary amides is 1. The lowest BCUT2D eigenvalue weighted by Crippen LogP contribution is -2.36. The number of aliphatic hydroxyl groups is 1. The number of hydrogen-bond acceptors (Lipinski definition) is 6. The van der Waals surface area contributed by atoms with Crippen LogP contribution < -0.4 is 11.1 Å². The number of nitrogens with zero attached hydrogens (tertiary/aromatic N) is 2. The van der Waals surface area contributed by atoms with Crippen LogP contribution in [0.5, 0.6) is 0 Å². The van der Waals surface area contributed by atoms with Gasteiger partial charge in [-0.25, -0.2) is 9.37 Å². The number of nitrogens with two attached hydrogens (primary N) is 1. The minimum atomic E-state index is -0.675. The van der Waals surface area contributed by atoms with Crippen LogP contribution in [0.15, 0.2) is 36.7 Å². The number of halogens is 2. The summed E-state index contributed by atoms with van der Waals surface area (Å²) >= 11 is 7.63. The molecule has 1 unspecified atom stereocenters. The molecule has 3 rings (SSSR count). The van der Waals surface area contributed by atoms with Gasteiger partial charge in [0.05, 0.1) is 11.6 Å². The summed E-state index contributed by atoms with van der Waals surface area (Å²) in [5.74, 6) is -0.262. The van der Waals surface area contributed by atoms with Crippen molar-refractivity contribution < 1.29 is 14.3 Å². The van der Waals surface area contributed by atoms with Gasteiger partial charge in [-0.3, -0.25) is 4.79 Å². The number of aliphatic hydroxyl groups excluding tert-OH is 1. The summed E-state index contributed by atoms with van der Waals surface area (Å²) in [7, 11) is 0. The van der Waals surface area contributed by atoms with E-state index in [9.17, 15) is 14.3 Å². The van der Waals surface area contributed by atoms with Crippen molar-refractivity contribution in [2.75, 3.05) is 5.32 Å². The number of pyridine rings is 1. The van der Waals surface area contributed by atoms with Gasteiger partial charge in [-0.15, -0.1) is 0 Å². The smallest absolute Gasteiger partial charge is 0.251 e. The lowest BCUT2D eigenvalue weighted by Gasteiger charge is -2.23. The first-order valence-electron chi connectivity index (χ1n) is 9.02. The molecule has 4 N–H and O–H groups in total. The number of benzene rings is 1. The molecule has 154 valence electrons. The summed E-state index contributed by atoms with van der Waals surface area (Å²) in [4.78, 5) is 18.8. The van der Waals surface area contributed by atoms with Crippen molar-refractivity contribution in [1.82, 2.24) is 9.88 Å². The Balaban J connectivity index is 1.94. The molecule has 1 aromatic carbocycles. The minimum Gasteiger partial charge on any atom is -0.392 e. The minimum absolute atomic E-state index is 0.196. The molecule has 1 aliphatic heterocycles. The fourth-order valence-corrected chi connectivity index (χ4v) is 4.40. The Morgan fingerprint density at radius 3 is 2.83 bits per heavy atom. The number of hydrogen-bond donors (Lipinski definition) is 3. The molecule has 29 heavy (non-hydrogen) atoms. The number of rotatable bonds is 7. The number of carbonyl (C=O) groups excluding carboxylic acids is 1. The van der Waals surface area contributed by atoms with Gasteiger partial charge < -0.3 is 21.1 Å². The monoisotopic (exact) mass is 436 g/mol. The zero-order valence-electron chi connectivity index (χ0n) is 16.0. The fourth-order valence-electron chi connectivity index (χ4n) is 3.01. The highest BCUT2D eigenvalue weighted by Gasteiger charge is 2.32. The molecule has 0 saturated heterocycles. The summed E-state index contributed by atoms with van der Waals surface area (Å²) in [5.41, 5.74) is 7.50. The van der Waals surface area contributed by atoms with Gasteiger partial charge in [-0.05, 0) is 43.2 Å². The first-order valence-corrected chi connectivity index (χ1v) is 10.3. The molecule has 1 aromatic heterocycles. The summed E-state index contributed by atoms with van der Waals surface area (Å²) < 4.78 is 13.7. The Hall–Kier alpha value is -2.29. The second kappa shape index (κ2) is 9.02. The van der Waals surface area contributed by atoms with E-state index >= 15 is 0 Å². The molecule has 9 heteroatoms. The molecule has 0 aliphatic carbocycles. The van der Waals surface area contributed by atoms with E-state index in [0.717, 1.165) is 10.5 Å². The fraction of sp³-hybridized carbons (Fsp3) is 0.300. The molecule has 2 aromatic rings. The van der Waals surface area contributed by atoms with Crippen LogP contribution >= 0.6 is 23.4 Å². The normalized spacial score (nSPS) is 16.3. The average molecular weight is 437 g/mol. The molecular weight excluding hydrogens is 415 g/mol. The van der Waals surface area contributed by atoms with Crippen molar-refractivity contribution in [1.29, 1.82) is 0 Å². The average Bonchev–Trinajstić information content (AvgIpc) is 3.07. The van der Waals surface area contributed by atoms with Gasteiger partial charge in [0.25, 0.3) is 5.91 Å². The number of nitrogens with one attached hydrogen (secondary N) is 1. The van der Waals surface area contributed by atoms with Gasteiger partial charge in [-0.2, -0.15) is 0 Å². The number of anilines is 1. The zero-order chi connectivity index (χ0) is 21.1. The lowest BCUT2D eigenvalue weighted by atomic mass is 10.1. The SMILES string of the molecule is CC(C)Nc1cc(C2=CN(Cc3cc(F)ccc3CO)C(C(N)=O)S2)c(Cl)cn1. The van der Waals surface area contributed by atoms with Crippen LogP contribution in [-0.2, 0) is 17.9 Å². The van der Waals surface area contributed by atoms with Gasteiger partial charge in [0.2, 0.25) is 0 Å². The molecule has 6 nitrogen and oxygen atoms in total. The van der Waals surface area contributed by atoms with Crippen molar-refractivity contribution in [2.24, 2.45) is 5.73 Å². The molecule has 0 bridgehead atoms. The summed E-state index contributed by atoms with van der Waals surface area (Å²) in [5, 5.41) is 12.5. The highest BCUT2D eigenvalue weighted by Crippen LogP contribution is 2.43. The van der Waals surface area contributed by atoms with E-state index < -0.39 is 17.1 Å². The third-order valence-corrected chi connectivity index (χ3v) is 5.92. The van der Waals surface area contributed by atoms with Gasteiger partial charge in [0.15, 0.2) is 5.37 Å². The molecule has 1 amide bonds. The maximum absolute atomic E-state index is 13.7. The van der Waals surface area contributed by atoms with Crippen molar-refractivity contribution in [3.63, 3.8) is 0 Å². The largest absolute Gasteiger partial charge is 0.392 e. The van der Waals surface area contributed by atoms with Crippen LogP contribution in [0.1, 0.15) is 30.5 Å². The number of carbonyl (C=O) groups is 1. The molecule has 0 fully saturated rings. The third kappa shape index (κ3) is 5.01. The van der Waals surface area contributed by atoms with Crippen molar-refractivity contribution in [3.8, 4) is 0 Å². The van der Waals surface area contributed by atoms with Gasteiger partial charge in [0.1, 0.15) is 11.6 Å². The topological polar surface area (TPSA) is 91.5 Å². The summed E-state index contributed by atoms with van der Waals surface area (Å²) in [6.45, 7) is 4.00. The predicted molar refractivity (Wildman–Crippen MR) is 114 cm³/mol. The van der Waals surface area contributed by atoms with Crippen LogP contribution in [0.4, 0.5) is 10.2 Å². The van der Waals surface area contributed by atoms with E-state index in [1.54, 1.807) is 17.3 Å². The Kier molecular flexibility index (Phi) is 6.66. The molecule has 1 aliphatic rings. The Bertz CT molecular complexity index is 954. The van der Waals surface area contributed by atoms with E-state index in [4.69, 9.17) is 17.3 Å². The Labute approximate surface area is 177 Å². The number of thioether (sulfide) groups is 1. The highest BCUT2D eigenvalue weighted by atomic mass is 35.5. The van der Waals surface area contributed by atoms with Crippen LogP contribution in [0.2, 0.25) is 5.02 Å². The summed E-state index contributed by atoms with van der Waals surface area (Å²) in [6.07, 6.45) is 3.34. The van der Waals surface area contributed by atoms with E-state index in [1.165, 1.54) is 30.0 Å². The molecule has 0 spiro atoms. The highest BCUT2D eigenvalue weighted by molar-refractivity contribution is 8.09. The molecule has 0 saturated carbocycles. The maximum atomic E-state index is 13.7. The van der Waals surface area contributed by atoms with Gasteiger partial charge in [-0.1, -0.05) is 29.4 Å². The number of amides is 1. The lowest BCUT2D eigenvalue weighted by molar-refractivity contribution is -0.119. The van der Waals surface area contributed by atoms with E-state index in [0.29, 0.717) is 22.0 Å². The molecular formula is C20H22ClFN4O2S. The van der Waals surface area contributed by atoms with Gasteiger partial charge >= 0.3 is 0 Å². The molecule has 0 radical (unpaired) electrons. The van der Waals surface area contributed by atoms with Crippen LogP contribution in [0, 0.1) is 5.82 Å².